The van der Waals surface area contributed by atoms with Gasteiger partial charge in [0.2, 0.25) is 11.8 Å². The summed E-state index contributed by atoms with van der Waals surface area (Å²) in [7, 11) is 0. The summed E-state index contributed by atoms with van der Waals surface area (Å²) in [6, 6.07) is 5.73. The second-order valence-electron chi connectivity index (χ2n) is 10.4. The molecule has 0 saturated heterocycles. The Bertz CT molecular complexity index is 789. The van der Waals surface area contributed by atoms with Gasteiger partial charge in [0.1, 0.15) is 17.7 Å². The highest BCUT2D eigenvalue weighted by Crippen LogP contribution is 2.26. The Hall–Kier alpha value is -2.57. The van der Waals surface area contributed by atoms with Crippen molar-refractivity contribution in [3.8, 4) is 0 Å². The van der Waals surface area contributed by atoms with E-state index in [4.69, 9.17) is 4.74 Å². The Morgan fingerprint density at radius 2 is 1.50 bits per heavy atom. The molecule has 1 rings (SSSR count). The molecule has 1 aromatic rings. The van der Waals surface area contributed by atoms with Crippen LogP contribution in [0.3, 0.4) is 0 Å². The average Bonchev–Trinajstić information content (AvgIpc) is 2.62. The Morgan fingerprint density at radius 3 is 1.91 bits per heavy atom. The van der Waals surface area contributed by atoms with Crippen molar-refractivity contribution in [1.29, 1.82) is 0 Å². The third-order valence-electron chi connectivity index (χ3n) is 4.64. The molecule has 0 aliphatic carbocycles. The highest BCUT2D eigenvalue weighted by atomic mass is 16.6. The van der Waals surface area contributed by atoms with Gasteiger partial charge < -0.3 is 20.3 Å². The standard InChI is InChI=1S/C25H41N3O4/c1-11-18-12-14-19(15-13-18)20(21(29)27-24(5,6)7)28(16(2)3)22(30)17(4)26-23(31)32-25(8,9)10/h12-17,20H,11H2,1-10H3,(H,26,31)(H,27,29). The fourth-order valence-electron chi connectivity index (χ4n) is 3.26. The van der Waals surface area contributed by atoms with Gasteiger partial charge in [0.05, 0.1) is 0 Å². The maximum absolute atomic E-state index is 13.5. The second kappa shape index (κ2) is 10.8. The zero-order valence-corrected chi connectivity index (χ0v) is 21.3. The molecule has 7 nitrogen and oxygen atoms in total. The molecule has 2 atom stereocenters. The van der Waals surface area contributed by atoms with Crippen LogP contribution >= 0.6 is 0 Å². The first-order valence-corrected chi connectivity index (χ1v) is 11.3. The van der Waals surface area contributed by atoms with Crippen molar-refractivity contribution in [2.45, 2.75) is 105 Å². The number of alkyl carbamates (subject to hydrolysis) is 1. The lowest BCUT2D eigenvalue weighted by molar-refractivity contribution is -0.144. The normalized spacial score (nSPS) is 13.8. The van der Waals surface area contributed by atoms with Crippen LogP contribution in [0.25, 0.3) is 0 Å². The van der Waals surface area contributed by atoms with E-state index in [0.29, 0.717) is 0 Å². The van der Waals surface area contributed by atoms with E-state index in [0.717, 1.165) is 17.5 Å². The van der Waals surface area contributed by atoms with E-state index in [1.54, 1.807) is 27.7 Å². The fraction of sp³-hybridized carbons (Fsp3) is 0.640. The maximum atomic E-state index is 13.5. The molecule has 0 fully saturated rings. The molecule has 0 aliphatic heterocycles. The monoisotopic (exact) mass is 447 g/mol. The van der Waals surface area contributed by atoms with Gasteiger partial charge in [-0.2, -0.15) is 0 Å². The molecule has 32 heavy (non-hydrogen) atoms. The van der Waals surface area contributed by atoms with E-state index in [-0.39, 0.29) is 17.9 Å². The van der Waals surface area contributed by atoms with Crippen LogP contribution in [-0.4, -0.2) is 46.0 Å². The lowest BCUT2D eigenvalue weighted by Gasteiger charge is -2.37. The number of amides is 3. The van der Waals surface area contributed by atoms with E-state index in [1.807, 2.05) is 58.9 Å². The van der Waals surface area contributed by atoms with Crippen LogP contribution in [0.4, 0.5) is 4.79 Å². The minimum Gasteiger partial charge on any atom is -0.444 e. The van der Waals surface area contributed by atoms with E-state index >= 15 is 0 Å². The average molecular weight is 448 g/mol. The smallest absolute Gasteiger partial charge is 0.408 e. The molecule has 2 N–H and O–H groups in total. The van der Waals surface area contributed by atoms with Crippen molar-refractivity contribution in [2.75, 3.05) is 0 Å². The number of rotatable bonds is 7. The van der Waals surface area contributed by atoms with Crippen LogP contribution in [0.15, 0.2) is 24.3 Å². The third-order valence-corrected chi connectivity index (χ3v) is 4.64. The van der Waals surface area contributed by atoms with Gasteiger partial charge in [-0.05, 0) is 79.9 Å². The van der Waals surface area contributed by atoms with Gasteiger partial charge in [-0.15, -0.1) is 0 Å². The first kappa shape index (κ1) is 27.5. The van der Waals surface area contributed by atoms with Crippen molar-refractivity contribution in [3.05, 3.63) is 35.4 Å². The summed E-state index contributed by atoms with van der Waals surface area (Å²) in [5.74, 6) is -0.632. The molecule has 0 aliphatic rings. The number of nitrogens with zero attached hydrogens (tertiary/aromatic N) is 1. The molecule has 180 valence electrons. The first-order chi connectivity index (χ1) is 14.6. The zero-order valence-electron chi connectivity index (χ0n) is 21.3. The number of carbonyl (C=O) groups is 3. The molecule has 7 heteroatoms. The fourth-order valence-corrected chi connectivity index (χ4v) is 3.26. The molecular formula is C25H41N3O4. The number of hydrogen-bond acceptors (Lipinski definition) is 4. The summed E-state index contributed by atoms with van der Waals surface area (Å²) in [4.78, 5) is 40.6. The SMILES string of the molecule is CCc1ccc(C(C(=O)NC(C)(C)C)N(C(=O)C(C)NC(=O)OC(C)(C)C)C(C)C)cc1. The summed E-state index contributed by atoms with van der Waals surface area (Å²) in [5, 5.41) is 5.60. The molecule has 0 spiro atoms. The number of aryl methyl sites for hydroxylation is 1. The van der Waals surface area contributed by atoms with Crippen molar-refractivity contribution in [3.63, 3.8) is 0 Å². The second-order valence-corrected chi connectivity index (χ2v) is 10.4. The van der Waals surface area contributed by atoms with Gasteiger partial charge in [-0.1, -0.05) is 31.2 Å². The lowest BCUT2D eigenvalue weighted by atomic mass is 9.98. The van der Waals surface area contributed by atoms with Crippen molar-refractivity contribution in [2.24, 2.45) is 0 Å². The van der Waals surface area contributed by atoms with Crippen molar-refractivity contribution < 1.29 is 19.1 Å². The Balaban J connectivity index is 3.31. The Morgan fingerprint density at radius 1 is 0.969 bits per heavy atom. The largest absolute Gasteiger partial charge is 0.444 e. The highest BCUT2D eigenvalue weighted by molar-refractivity contribution is 5.92. The minimum atomic E-state index is -0.868. The lowest BCUT2D eigenvalue weighted by Crippen LogP contribution is -2.55. The van der Waals surface area contributed by atoms with Crippen LogP contribution in [-0.2, 0) is 20.7 Å². The number of benzene rings is 1. The van der Waals surface area contributed by atoms with Crippen LogP contribution < -0.4 is 10.6 Å². The number of nitrogens with one attached hydrogen (secondary N) is 2. The van der Waals surface area contributed by atoms with Gasteiger partial charge >= 0.3 is 6.09 Å². The molecule has 1 aromatic carbocycles. The Kier molecular flexibility index (Phi) is 9.30. The molecule has 0 radical (unpaired) electrons. The van der Waals surface area contributed by atoms with E-state index in [9.17, 15) is 14.4 Å². The molecule has 0 saturated carbocycles. The summed E-state index contributed by atoms with van der Waals surface area (Å²) in [6.07, 6.45) is 0.202. The number of ether oxygens (including phenoxy) is 1. The zero-order chi connectivity index (χ0) is 24.9. The first-order valence-electron chi connectivity index (χ1n) is 11.3. The van der Waals surface area contributed by atoms with Crippen molar-refractivity contribution >= 4 is 17.9 Å². The van der Waals surface area contributed by atoms with Crippen molar-refractivity contribution in [1.82, 2.24) is 15.5 Å². The number of carbonyl (C=O) groups excluding carboxylic acids is 3. The third kappa shape index (κ3) is 8.52. The highest BCUT2D eigenvalue weighted by Gasteiger charge is 2.37. The van der Waals surface area contributed by atoms with Crippen LogP contribution in [0.1, 0.15) is 86.4 Å². The van der Waals surface area contributed by atoms with Gasteiger partial charge in [0.25, 0.3) is 0 Å². The summed E-state index contributed by atoms with van der Waals surface area (Å²) < 4.78 is 5.28. The molecular weight excluding hydrogens is 406 g/mol. The predicted molar refractivity (Wildman–Crippen MR) is 127 cm³/mol. The topological polar surface area (TPSA) is 87.7 Å². The minimum absolute atomic E-state index is 0.270. The van der Waals surface area contributed by atoms with Crippen LogP contribution in [0, 0.1) is 0 Å². The van der Waals surface area contributed by atoms with E-state index in [2.05, 4.69) is 17.6 Å². The number of hydrogen-bond donors (Lipinski definition) is 2. The quantitative estimate of drug-likeness (QED) is 0.650. The predicted octanol–water partition coefficient (Wildman–Crippen LogP) is 4.36. The summed E-state index contributed by atoms with van der Waals surface area (Å²) >= 11 is 0. The van der Waals surface area contributed by atoms with Gasteiger partial charge in [0, 0.05) is 11.6 Å². The van der Waals surface area contributed by atoms with E-state index < -0.39 is 29.3 Å². The Labute approximate surface area is 193 Å². The molecule has 0 heterocycles. The van der Waals surface area contributed by atoms with E-state index in [1.165, 1.54) is 4.90 Å². The molecule has 2 unspecified atom stereocenters. The molecule has 3 amide bonds. The van der Waals surface area contributed by atoms with Gasteiger partial charge in [-0.25, -0.2) is 4.79 Å². The van der Waals surface area contributed by atoms with Gasteiger partial charge in [0.15, 0.2) is 0 Å². The maximum Gasteiger partial charge on any atom is 0.408 e. The summed E-state index contributed by atoms with van der Waals surface area (Å²) in [6.45, 7) is 18.3. The molecule has 0 aromatic heterocycles. The van der Waals surface area contributed by atoms with Crippen LogP contribution in [0.5, 0.6) is 0 Å². The summed E-state index contributed by atoms with van der Waals surface area (Å²) in [5.41, 5.74) is 0.715. The van der Waals surface area contributed by atoms with Gasteiger partial charge in [-0.3, -0.25) is 9.59 Å². The van der Waals surface area contributed by atoms with Crippen LogP contribution in [0.2, 0.25) is 0 Å². The molecule has 0 bridgehead atoms.